The summed E-state index contributed by atoms with van der Waals surface area (Å²) in [6.45, 7) is 2.18. The number of alkyl carbamates (subject to hydrolysis) is 1. The highest BCUT2D eigenvalue weighted by Crippen LogP contribution is 2.52. The fourth-order valence-electron chi connectivity index (χ4n) is 7.21. The lowest BCUT2D eigenvalue weighted by Gasteiger charge is -2.36. The number of ether oxygens (including phenoxy) is 1. The fourth-order valence-corrected chi connectivity index (χ4v) is 7.21. The number of alkyl halides is 3. The molecule has 240 valence electrons. The standard InChI is InChI=1S/C35H36F3N5O3/c36-35(37,38)24-7-5-6-23(18-24)30-14-15-31-32(41-30)43(26-16-17-42(31)20-26)33(44)40-25-12-10-22(11-13-25)19-39-34(45)46-21-29-27-8-3-1-2-4-9-28(27)29/h1-2,5-7,10-15,18,26-29H,3-4,8-9,16-17,19-21H2,(H,39,45)(H,40,44)/b2-1-/t26-,27-,28+,29?/m0/s1. The van der Waals surface area contributed by atoms with Crippen LogP contribution in [0.15, 0.2) is 72.8 Å². The quantitative estimate of drug-likeness (QED) is 0.274. The number of nitrogens with zero attached hydrogens (tertiary/aromatic N) is 3. The zero-order valence-electron chi connectivity index (χ0n) is 25.3. The van der Waals surface area contributed by atoms with E-state index in [-0.39, 0.29) is 12.1 Å². The number of carbonyl (C=O) groups is 2. The molecule has 1 saturated carbocycles. The molecule has 1 unspecified atom stereocenters. The van der Waals surface area contributed by atoms with Crippen LogP contribution in [0, 0.1) is 17.8 Å². The summed E-state index contributed by atoms with van der Waals surface area (Å²) in [5, 5.41) is 5.77. The molecule has 2 aliphatic heterocycles. The van der Waals surface area contributed by atoms with Gasteiger partial charge in [-0.15, -0.1) is 0 Å². The Kier molecular flexibility index (Phi) is 8.08. The van der Waals surface area contributed by atoms with Gasteiger partial charge in [-0.25, -0.2) is 14.6 Å². The third-order valence-electron chi connectivity index (χ3n) is 9.71. The minimum Gasteiger partial charge on any atom is -0.449 e. The van der Waals surface area contributed by atoms with Crippen molar-refractivity contribution < 1.29 is 27.5 Å². The van der Waals surface area contributed by atoms with Crippen molar-refractivity contribution in [3.05, 3.63) is 83.9 Å². The number of rotatable bonds is 6. The molecule has 1 aromatic heterocycles. The number of halogens is 3. The van der Waals surface area contributed by atoms with Gasteiger partial charge in [0.05, 0.1) is 29.6 Å². The number of allylic oxidation sites excluding steroid dienone is 2. The Morgan fingerprint density at radius 1 is 0.957 bits per heavy atom. The number of fused-ring (bicyclic) bond motifs is 5. The predicted molar refractivity (Wildman–Crippen MR) is 169 cm³/mol. The molecule has 3 aromatic rings. The summed E-state index contributed by atoms with van der Waals surface area (Å²) in [5.41, 5.74) is 2.14. The van der Waals surface area contributed by atoms with E-state index in [1.807, 2.05) is 18.2 Å². The molecule has 4 atom stereocenters. The lowest BCUT2D eigenvalue weighted by atomic mass is 10.1. The molecule has 4 aliphatic rings. The highest BCUT2D eigenvalue weighted by molar-refractivity contribution is 6.04. The fraction of sp³-hybridized carbons (Fsp3) is 0.400. The molecule has 2 aromatic carbocycles. The van der Waals surface area contributed by atoms with Crippen molar-refractivity contribution in [1.29, 1.82) is 0 Å². The number of hydrogen-bond acceptors (Lipinski definition) is 5. The van der Waals surface area contributed by atoms with E-state index >= 15 is 0 Å². The number of urea groups is 1. The van der Waals surface area contributed by atoms with Gasteiger partial charge < -0.3 is 20.3 Å². The smallest absolute Gasteiger partial charge is 0.416 e. The van der Waals surface area contributed by atoms with Crippen molar-refractivity contribution in [2.75, 3.05) is 34.8 Å². The summed E-state index contributed by atoms with van der Waals surface area (Å²) in [5.74, 6) is 2.23. The molecule has 2 aliphatic carbocycles. The maximum absolute atomic E-state index is 13.6. The largest absolute Gasteiger partial charge is 0.449 e. The van der Waals surface area contributed by atoms with Gasteiger partial charge in [-0.2, -0.15) is 13.2 Å². The molecular weight excluding hydrogens is 595 g/mol. The molecule has 46 heavy (non-hydrogen) atoms. The topological polar surface area (TPSA) is 86.8 Å². The van der Waals surface area contributed by atoms with Crippen LogP contribution in [0.5, 0.6) is 0 Å². The average Bonchev–Trinajstić information content (AvgIpc) is 3.49. The second-order valence-corrected chi connectivity index (χ2v) is 12.6. The molecular formula is C35H36F3N5O3. The minimum atomic E-state index is -4.47. The van der Waals surface area contributed by atoms with Crippen LogP contribution in [0.4, 0.5) is 40.0 Å². The third kappa shape index (κ3) is 6.27. The van der Waals surface area contributed by atoms with E-state index in [9.17, 15) is 22.8 Å². The summed E-state index contributed by atoms with van der Waals surface area (Å²) >= 11 is 0. The summed E-state index contributed by atoms with van der Waals surface area (Å²) in [6.07, 6.45) is 4.90. The van der Waals surface area contributed by atoms with E-state index in [4.69, 9.17) is 9.72 Å². The monoisotopic (exact) mass is 631 g/mol. The molecule has 3 heterocycles. The lowest BCUT2D eigenvalue weighted by Crippen LogP contribution is -2.48. The van der Waals surface area contributed by atoms with Gasteiger partial charge in [0.15, 0.2) is 5.82 Å². The number of benzene rings is 2. The zero-order valence-corrected chi connectivity index (χ0v) is 25.3. The van der Waals surface area contributed by atoms with Crippen molar-refractivity contribution in [1.82, 2.24) is 10.3 Å². The number of nitrogens with one attached hydrogen (secondary N) is 2. The molecule has 0 spiro atoms. The molecule has 0 radical (unpaired) electrons. The van der Waals surface area contributed by atoms with Gasteiger partial charge in [-0.3, -0.25) is 4.90 Å². The summed E-state index contributed by atoms with van der Waals surface area (Å²) in [7, 11) is 0. The Labute approximate surface area is 265 Å². The van der Waals surface area contributed by atoms with Crippen LogP contribution in [0.3, 0.4) is 0 Å². The first-order chi connectivity index (χ1) is 22.2. The van der Waals surface area contributed by atoms with E-state index in [0.29, 0.717) is 60.2 Å². The van der Waals surface area contributed by atoms with Gasteiger partial charge in [0.2, 0.25) is 0 Å². The van der Waals surface area contributed by atoms with Crippen LogP contribution in [0.1, 0.15) is 43.2 Å². The number of amides is 3. The number of aromatic nitrogens is 1. The summed E-state index contributed by atoms with van der Waals surface area (Å²) in [4.78, 5) is 34.5. The van der Waals surface area contributed by atoms with Gasteiger partial charge >= 0.3 is 18.3 Å². The second kappa shape index (κ2) is 12.3. The van der Waals surface area contributed by atoms with Gasteiger partial charge in [-0.1, -0.05) is 36.4 Å². The number of anilines is 3. The summed E-state index contributed by atoms with van der Waals surface area (Å²) in [6, 6.07) is 15.3. The first kappa shape index (κ1) is 30.1. The third-order valence-corrected chi connectivity index (χ3v) is 9.71. The van der Waals surface area contributed by atoms with Crippen molar-refractivity contribution in [3.8, 4) is 11.3 Å². The van der Waals surface area contributed by atoms with Crippen LogP contribution in [0.2, 0.25) is 0 Å². The lowest BCUT2D eigenvalue weighted by molar-refractivity contribution is -0.137. The molecule has 1 saturated heterocycles. The first-order valence-corrected chi connectivity index (χ1v) is 15.9. The Bertz CT molecular complexity index is 1630. The van der Waals surface area contributed by atoms with Crippen LogP contribution in [0.25, 0.3) is 11.3 Å². The van der Waals surface area contributed by atoms with Crippen molar-refractivity contribution in [2.24, 2.45) is 17.8 Å². The van der Waals surface area contributed by atoms with Gasteiger partial charge in [0.25, 0.3) is 0 Å². The Hall–Kier alpha value is -4.54. The van der Waals surface area contributed by atoms with Crippen LogP contribution >= 0.6 is 0 Å². The van der Waals surface area contributed by atoms with Crippen molar-refractivity contribution in [3.63, 3.8) is 0 Å². The maximum atomic E-state index is 13.6. The van der Waals surface area contributed by atoms with Crippen LogP contribution < -0.4 is 20.4 Å². The molecule has 8 nitrogen and oxygen atoms in total. The normalized spacial score (nSPS) is 23.8. The zero-order chi connectivity index (χ0) is 31.8. The van der Waals surface area contributed by atoms with Crippen molar-refractivity contribution >= 4 is 29.3 Å². The Balaban J connectivity index is 0.972. The van der Waals surface area contributed by atoms with Crippen LogP contribution in [-0.4, -0.2) is 42.8 Å². The van der Waals surface area contributed by atoms with E-state index in [1.165, 1.54) is 18.9 Å². The first-order valence-electron chi connectivity index (χ1n) is 15.9. The minimum absolute atomic E-state index is 0.114. The number of hydrogen-bond donors (Lipinski definition) is 2. The highest BCUT2D eigenvalue weighted by atomic mass is 19.4. The van der Waals surface area contributed by atoms with Gasteiger partial charge in [0, 0.05) is 30.9 Å². The number of pyridine rings is 1. The Morgan fingerprint density at radius 3 is 2.46 bits per heavy atom. The molecule has 3 amide bonds. The van der Waals surface area contributed by atoms with E-state index in [1.54, 1.807) is 29.2 Å². The van der Waals surface area contributed by atoms with Crippen molar-refractivity contribution in [2.45, 2.75) is 50.9 Å². The Morgan fingerprint density at radius 2 is 1.72 bits per heavy atom. The highest BCUT2D eigenvalue weighted by Gasteiger charge is 2.49. The SMILES string of the molecule is O=C(NCc1ccc(NC(=O)N2c3nc(-c4cccc(C(F)(F)F)c4)ccc3N3CC[C@H]2C3)cc1)OCC1[C@H]2CC/C=C\CC[C@@H]12. The molecule has 11 heteroatoms. The van der Waals surface area contributed by atoms with E-state index in [2.05, 4.69) is 27.7 Å². The predicted octanol–water partition coefficient (Wildman–Crippen LogP) is 7.62. The van der Waals surface area contributed by atoms with Crippen LogP contribution in [-0.2, 0) is 17.5 Å². The van der Waals surface area contributed by atoms with E-state index in [0.717, 1.165) is 49.2 Å². The van der Waals surface area contributed by atoms with Gasteiger partial charge in [0.1, 0.15) is 0 Å². The maximum Gasteiger partial charge on any atom is 0.416 e. The average molecular weight is 632 g/mol. The molecule has 2 fully saturated rings. The summed E-state index contributed by atoms with van der Waals surface area (Å²) < 4.78 is 45.6. The van der Waals surface area contributed by atoms with Gasteiger partial charge in [-0.05, 0) is 91.8 Å². The molecule has 7 rings (SSSR count). The molecule has 2 bridgehead atoms. The number of carbonyl (C=O) groups excluding carboxylic acids is 2. The van der Waals surface area contributed by atoms with E-state index < -0.39 is 17.8 Å². The second-order valence-electron chi connectivity index (χ2n) is 12.6. The molecule has 2 N–H and O–H groups in total.